The molecule has 106 valence electrons. The molecule has 0 saturated heterocycles. The molecule has 0 bridgehead atoms. The van der Waals surface area contributed by atoms with E-state index in [4.69, 9.17) is 5.11 Å². The Kier molecular flexibility index (Phi) is 7.86. The molecule has 0 heterocycles. The minimum Gasteiger partial charge on any atom is -0.396 e. The molecule has 0 aliphatic carbocycles. The monoisotopic (exact) mass is 264 g/mol. The SMILES string of the molecule is CCN(CCCO)CC(=O)NCCc1ccccc1. The zero-order valence-electron chi connectivity index (χ0n) is 11.6. The zero-order valence-corrected chi connectivity index (χ0v) is 11.6. The summed E-state index contributed by atoms with van der Waals surface area (Å²) in [7, 11) is 0. The van der Waals surface area contributed by atoms with E-state index >= 15 is 0 Å². The first-order valence-corrected chi connectivity index (χ1v) is 6.90. The summed E-state index contributed by atoms with van der Waals surface area (Å²) < 4.78 is 0. The highest BCUT2D eigenvalue weighted by Crippen LogP contribution is 1.98. The highest BCUT2D eigenvalue weighted by molar-refractivity contribution is 5.77. The van der Waals surface area contributed by atoms with Crippen molar-refractivity contribution in [2.75, 3.05) is 32.8 Å². The number of likely N-dealkylation sites (N-methyl/N-ethyl adjacent to an activating group) is 1. The molecule has 0 aliphatic rings. The predicted molar refractivity (Wildman–Crippen MR) is 77.0 cm³/mol. The van der Waals surface area contributed by atoms with Crippen LogP contribution in [0.5, 0.6) is 0 Å². The average molecular weight is 264 g/mol. The molecule has 2 N–H and O–H groups in total. The van der Waals surface area contributed by atoms with Crippen molar-refractivity contribution in [1.82, 2.24) is 10.2 Å². The Balaban J connectivity index is 2.19. The standard InChI is InChI=1S/C15H24N2O2/c1-2-17(11-6-12-18)13-15(19)16-10-9-14-7-4-3-5-8-14/h3-5,7-8,18H,2,6,9-13H2,1H3,(H,16,19). The third-order valence-electron chi connectivity index (χ3n) is 3.03. The molecule has 4 heteroatoms. The number of amides is 1. The Morgan fingerprint density at radius 3 is 2.68 bits per heavy atom. The maximum absolute atomic E-state index is 11.8. The van der Waals surface area contributed by atoms with Gasteiger partial charge in [0.05, 0.1) is 6.54 Å². The second kappa shape index (κ2) is 9.53. The number of nitrogens with zero attached hydrogens (tertiary/aromatic N) is 1. The molecule has 1 rings (SSSR count). The number of rotatable bonds is 9. The number of carbonyl (C=O) groups is 1. The van der Waals surface area contributed by atoms with Gasteiger partial charge in [-0.05, 0) is 24.9 Å². The van der Waals surface area contributed by atoms with Gasteiger partial charge < -0.3 is 10.4 Å². The zero-order chi connectivity index (χ0) is 13.9. The molecule has 1 amide bonds. The highest BCUT2D eigenvalue weighted by Gasteiger charge is 2.07. The molecule has 0 aromatic heterocycles. The van der Waals surface area contributed by atoms with Crippen molar-refractivity contribution in [3.05, 3.63) is 35.9 Å². The Hall–Kier alpha value is -1.39. The molecule has 0 fully saturated rings. The summed E-state index contributed by atoms with van der Waals surface area (Å²) in [6.07, 6.45) is 1.57. The number of aliphatic hydroxyl groups is 1. The topological polar surface area (TPSA) is 52.6 Å². The van der Waals surface area contributed by atoms with Crippen LogP contribution in [-0.4, -0.2) is 48.7 Å². The Bertz CT molecular complexity index is 354. The third kappa shape index (κ3) is 6.94. The summed E-state index contributed by atoms with van der Waals surface area (Å²) in [4.78, 5) is 13.8. The summed E-state index contributed by atoms with van der Waals surface area (Å²) >= 11 is 0. The summed E-state index contributed by atoms with van der Waals surface area (Å²) in [6, 6.07) is 10.1. The highest BCUT2D eigenvalue weighted by atomic mass is 16.3. The van der Waals surface area contributed by atoms with Crippen molar-refractivity contribution < 1.29 is 9.90 Å². The van der Waals surface area contributed by atoms with Gasteiger partial charge in [0.2, 0.25) is 5.91 Å². The normalized spacial score (nSPS) is 10.7. The van der Waals surface area contributed by atoms with Crippen LogP contribution in [0.25, 0.3) is 0 Å². The van der Waals surface area contributed by atoms with Crippen molar-refractivity contribution in [3.8, 4) is 0 Å². The van der Waals surface area contributed by atoms with E-state index in [1.54, 1.807) is 0 Å². The second-order valence-electron chi connectivity index (χ2n) is 4.53. The van der Waals surface area contributed by atoms with E-state index in [1.807, 2.05) is 30.0 Å². The molecule has 1 aromatic rings. The Morgan fingerprint density at radius 2 is 2.05 bits per heavy atom. The van der Waals surface area contributed by atoms with Gasteiger partial charge in [0.15, 0.2) is 0 Å². The van der Waals surface area contributed by atoms with Crippen LogP contribution in [0, 0.1) is 0 Å². The van der Waals surface area contributed by atoms with Gasteiger partial charge in [0.25, 0.3) is 0 Å². The summed E-state index contributed by atoms with van der Waals surface area (Å²) in [6.45, 7) is 4.86. The van der Waals surface area contributed by atoms with Gasteiger partial charge >= 0.3 is 0 Å². The predicted octanol–water partition coefficient (Wildman–Crippen LogP) is 1.05. The van der Waals surface area contributed by atoms with Crippen molar-refractivity contribution in [2.45, 2.75) is 19.8 Å². The van der Waals surface area contributed by atoms with Crippen molar-refractivity contribution in [1.29, 1.82) is 0 Å². The lowest BCUT2D eigenvalue weighted by Crippen LogP contribution is -2.38. The average Bonchev–Trinajstić information content (AvgIpc) is 2.44. The van der Waals surface area contributed by atoms with E-state index < -0.39 is 0 Å². The van der Waals surface area contributed by atoms with Crippen LogP contribution in [0.3, 0.4) is 0 Å². The minimum absolute atomic E-state index is 0.0516. The lowest BCUT2D eigenvalue weighted by molar-refractivity contribution is -0.122. The van der Waals surface area contributed by atoms with Crippen LogP contribution >= 0.6 is 0 Å². The molecular weight excluding hydrogens is 240 g/mol. The van der Waals surface area contributed by atoms with Crippen molar-refractivity contribution in [2.24, 2.45) is 0 Å². The molecule has 0 radical (unpaired) electrons. The smallest absolute Gasteiger partial charge is 0.234 e. The van der Waals surface area contributed by atoms with E-state index in [2.05, 4.69) is 17.4 Å². The van der Waals surface area contributed by atoms with Crippen LogP contribution in [0.15, 0.2) is 30.3 Å². The van der Waals surface area contributed by atoms with Crippen LogP contribution < -0.4 is 5.32 Å². The maximum Gasteiger partial charge on any atom is 0.234 e. The molecule has 1 aromatic carbocycles. The molecule has 0 atom stereocenters. The summed E-state index contributed by atoms with van der Waals surface area (Å²) in [5.74, 6) is 0.0516. The van der Waals surface area contributed by atoms with E-state index in [9.17, 15) is 4.79 Å². The van der Waals surface area contributed by atoms with Crippen LogP contribution in [0.2, 0.25) is 0 Å². The van der Waals surface area contributed by atoms with E-state index in [0.717, 1.165) is 19.5 Å². The first-order valence-electron chi connectivity index (χ1n) is 6.90. The number of hydrogen-bond donors (Lipinski definition) is 2. The van der Waals surface area contributed by atoms with Crippen LogP contribution in [0.1, 0.15) is 18.9 Å². The first kappa shape index (κ1) is 15.7. The van der Waals surface area contributed by atoms with E-state index in [-0.39, 0.29) is 12.5 Å². The fraction of sp³-hybridized carbons (Fsp3) is 0.533. The molecule has 4 nitrogen and oxygen atoms in total. The van der Waals surface area contributed by atoms with Gasteiger partial charge in [-0.25, -0.2) is 0 Å². The largest absolute Gasteiger partial charge is 0.396 e. The van der Waals surface area contributed by atoms with Crippen LogP contribution in [0.4, 0.5) is 0 Å². The molecule has 0 saturated carbocycles. The molecule has 19 heavy (non-hydrogen) atoms. The molecule has 0 aliphatic heterocycles. The third-order valence-corrected chi connectivity index (χ3v) is 3.03. The van der Waals surface area contributed by atoms with E-state index in [1.165, 1.54) is 5.56 Å². The quantitative estimate of drug-likeness (QED) is 0.701. The number of benzene rings is 1. The summed E-state index contributed by atoms with van der Waals surface area (Å²) in [5.41, 5.74) is 1.23. The first-order chi connectivity index (χ1) is 9.26. The van der Waals surface area contributed by atoms with Crippen molar-refractivity contribution >= 4 is 5.91 Å². The van der Waals surface area contributed by atoms with Gasteiger partial charge in [-0.2, -0.15) is 0 Å². The fourth-order valence-corrected chi connectivity index (χ4v) is 1.89. The van der Waals surface area contributed by atoms with Gasteiger partial charge in [0.1, 0.15) is 0 Å². The van der Waals surface area contributed by atoms with Gasteiger partial charge in [-0.15, -0.1) is 0 Å². The van der Waals surface area contributed by atoms with Crippen LogP contribution in [-0.2, 0) is 11.2 Å². The number of aliphatic hydroxyl groups excluding tert-OH is 1. The Labute approximate surface area is 115 Å². The summed E-state index contributed by atoms with van der Waals surface area (Å²) in [5, 5.41) is 11.7. The lowest BCUT2D eigenvalue weighted by Gasteiger charge is -2.19. The van der Waals surface area contributed by atoms with Crippen molar-refractivity contribution in [3.63, 3.8) is 0 Å². The van der Waals surface area contributed by atoms with Gasteiger partial charge in [0, 0.05) is 19.7 Å². The molecule has 0 unspecified atom stereocenters. The lowest BCUT2D eigenvalue weighted by atomic mass is 10.1. The molecule has 0 spiro atoms. The number of nitrogens with one attached hydrogen (secondary N) is 1. The van der Waals surface area contributed by atoms with Gasteiger partial charge in [-0.3, -0.25) is 9.69 Å². The van der Waals surface area contributed by atoms with E-state index in [0.29, 0.717) is 19.5 Å². The second-order valence-corrected chi connectivity index (χ2v) is 4.53. The number of hydrogen-bond acceptors (Lipinski definition) is 3. The fourth-order valence-electron chi connectivity index (χ4n) is 1.89. The molecular formula is C15H24N2O2. The minimum atomic E-state index is 0.0516. The number of carbonyl (C=O) groups excluding carboxylic acids is 1. The maximum atomic E-state index is 11.8. The Morgan fingerprint density at radius 1 is 1.32 bits per heavy atom. The van der Waals surface area contributed by atoms with Gasteiger partial charge in [-0.1, -0.05) is 37.3 Å².